The van der Waals surface area contributed by atoms with E-state index in [4.69, 9.17) is 4.74 Å². The number of anilines is 2. The van der Waals surface area contributed by atoms with Crippen molar-refractivity contribution < 1.29 is 14.3 Å². The van der Waals surface area contributed by atoms with Crippen LogP contribution in [0, 0.1) is 5.92 Å². The van der Waals surface area contributed by atoms with Crippen molar-refractivity contribution in [2.24, 2.45) is 5.92 Å². The van der Waals surface area contributed by atoms with Gasteiger partial charge in [-0.15, -0.1) is 0 Å². The number of carbonyl (C=O) groups is 2. The molecular weight excluding hydrogens is 430 g/mol. The van der Waals surface area contributed by atoms with E-state index >= 15 is 0 Å². The van der Waals surface area contributed by atoms with Crippen LogP contribution >= 0.6 is 0 Å². The van der Waals surface area contributed by atoms with Crippen molar-refractivity contribution in [2.45, 2.75) is 59.0 Å². The van der Waals surface area contributed by atoms with E-state index in [1.165, 1.54) is 0 Å². The number of fused-ring (bicyclic) bond motifs is 1. The Morgan fingerprint density at radius 2 is 1.85 bits per heavy atom. The van der Waals surface area contributed by atoms with E-state index in [9.17, 15) is 9.59 Å². The van der Waals surface area contributed by atoms with E-state index in [1.54, 1.807) is 6.33 Å². The molecule has 0 bridgehead atoms. The SMILES string of the molecule is CCOC(=O)C1CCN(c2ncnc3c2CN(C(=O)c2ccc(NC(C)CC)cc2)CC3)CC1. The second-order valence-corrected chi connectivity index (χ2v) is 9.14. The lowest BCUT2D eigenvalue weighted by molar-refractivity contribution is -0.148. The number of aromatic nitrogens is 2. The van der Waals surface area contributed by atoms with Gasteiger partial charge in [0, 0.05) is 48.9 Å². The predicted octanol–water partition coefficient (Wildman–Crippen LogP) is 3.67. The minimum Gasteiger partial charge on any atom is -0.466 e. The Balaban J connectivity index is 1.44. The van der Waals surface area contributed by atoms with Gasteiger partial charge in [-0.1, -0.05) is 6.92 Å². The number of benzene rings is 1. The van der Waals surface area contributed by atoms with Crippen molar-refractivity contribution in [3.63, 3.8) is 0 Å². The zero-order valence-electron chi connectivity index (χ0n) is 20.4. The Hall–Kier alpha value is -3.16. The number of amides is 1. The number of carbonyl (C=O) groups excluding carboxylic acids is 2. The van der Waals surface area contributed by atoms with Gasteiger partial charge in [-0.2, -0.15) is 0 Å². The van der Waals surface area contributed by atoms with Crippen molar-refractivity contribution in [3.05, 3.63) is 47.4 Å². The molecule has 2 aliphatic heterocycles. The highest BCUT2D eigenvalue weighted by Gasteiger charge is 2.31. The van der Waals surface area contributed by atoms with Crippen LogP contribution in [0.15, 0.2) is 30.6 Å². The molecule has 8 heteroatoms. The average molecular weight is 466 g/mol. The number of nitrogens with zero attached hydrogens (tertiary/aromatic N) is 4. The number of nitrogens with one attached hydrogen (secondary N) is 1. The van der Waals surface area contributed by atoms with Crippen molar-refractivity contribution in [3.8, 4) is 0 Å². The molecule has 4 rings (SSSR count). The standard InChI is InChI=1S/C26H35N5O3/c1-4-18(3)29-21-8-6-19(7-9-21)25(32)31-15-12-23-22(16-31)24(28-17-27-23)30-13-10-20(11-14-30)26(33)34-5-2/h6-9,17-18,20,29H,4-5,10-16H2,1-3H3. The van der Waals surface area contributed by atoms with E-state index in [1.807, 2.05) is 36.1 Å². The monoisotopic (exact) mass is 465 g/mol. The third-order valence-electron chi connectivity index (χ3n) is 6.84. The number of ether oxygens (including phenoxy) is 1. The Labute approximate surface area is 201 Å². The second kappa shape index (κ2) is 10.8. The molecular formula is C26H35N5O3. The molecule has 0 radical (unpaired) electrons. The van der Waals surface area contributed by atoms with Crippen molar-refractivity contribution in [1.29, 1.82) is 0 Å². The van der Waals surface area contributed by atoms with Crippen LogP contribution in [0.25, 0.3) is 0 Å². The molecule has 2 aliphatic rings. The summed E-state index contributed by atoms with van der Waals surface area (Å²) in [5.41, 5.74) is 3.74. The zero-order valence-corrected chi connectivity index (χ0v) is 20.4. The minimum atomic E-state index is -0.103. The molecule has 1 amide bonds. The number of esters is 1. The number of rotatable bonds is 7. The highest BCUT2D eigenvalue weighted by Crippen LogP contribution is 2.30. The molecule has 1 aromatic carbocycles. The molecule has 1 saturated heterocycles. The summed E-state index contributed by atoms with van der Waals surface area (Å²) in [5, 5.41) is 3.44. The van der Waals surface area contributed by atoms with Crippen LogP contribution in [0.2, 0.25) is 0 Å². The first-order valence-electron chi connectivity index (χ1n) is 12.4. The topological polar surface area (TPSA) is 87.7 Å². The maximum atomic E-state index is 13.3. The minimum absolute atomic E-state index is 0.0246. The molecule has 1 aromatic heterocycles. The quantitative estimate of drug-likeness (QED) is 0.624. The van der Waals surface area contributed by atoms with Crippen LogP contribution in [-0.4, -0.2) is 59.0 Å². The van der Waals surface area contributed by atoms with Gasteiger partial charge in [-0.25, -0.2) is 9.97 Å². The summed E-state index contributed by atoms with van der Waals surface area (Å²) in [5.74, 6) is 0.758. The van der Waals surface area contributed by atoms with Gasteiger partial charge in [0.1, 0.15) is 12.1 Å². The summed E-state index contributed by atoms with van der Waals surface area (Å²) < 4.78 is 5.20. The second-order valence-electron chi connectivity index (χ2n) is 9.14. The predicted molar refractivity (Wildman–Crippen MR) is 132 cm³/mol. The summed E-state index contributed by atoms with van der Waals surface area (Å²) in [6.07, 6.45) is 4.86. The normalized spacial score (nSPS) is 17.1. The first-order valence-corrected chi connectivity index (χ1v) is 12.4. The van der Waals surface area contributed by atoms with E-state index in [-0.39, 0.29) is 17.8 Å². The van der Waals surface area contributed by atoms with Crippen molar-refractivity contribution in [2.75, 3.05) is 36.5 Å². The summed E-state index contributed by atoms with van der Waals surface area (Å²) in [6, 6.07) is 8.12. The molecule has 1 unspecified atom stereocenters. The molecule has 0 aliphatic carbocycles. The molecule has 1 atom stereocenters. The Kier molecular flexibility index (Phi) is 7.65. The van der Waals surface area contributed by atoms with Gasteiger partial charge in [0.15, 0.2) is 0 Å². The number of hydrogen-bond donors (Lipinski definition) is 1. The van der Waals surface area contributed by atoms with Crippen LogP contribution in [0.5, 0.6) is 0 Å². The number of piperidine rings is 1. The lowest BCUT2D eigenvalue weighted by Crippen LogP contribution is -2.41. The summed E-state index contributed by atoms with van der Waals surface area (Å²) >= 11 is 0. The lowest BCUT2D eigenvalue weighted by Gasteiger charge is -2.35. The number of hydrogen-bond acceptors (Lipinski definition) is 7. The van der Waals surface area contributed by atoms with Crippen LogP contribution in [-0.2, 0) is 22.5 Å². The van der Waals surface area contributed by atoms with Gasteiger partial charge >= 0.3 is 5.97 Å². The Morgan fingerprint density at radius 1 is 1.12 bits per heavy atom. The van der Waals surface area contributed by atoms with E-state index in [0.29, 0.717) is 37.7 Å². The van der Waals surface area contributed by atoms with Crippen LogP contribution < -0.4 is 10.2 Å². The van der Waals surface area contributed by atoms with Crippen LogP contribution in [0.1, 0.15) is 61.6 Å². The molecule has 3 heterocycles. The third-order valence-corrected chi connectivity index (χ3v) is 6.84. The van der Waals surface area contributed by atoms with Gasteiger partial charge in [-0.05, 0) is 57.4 Å². The van der Waals surface area contributed by atoms with E-state index in [0.717, 1.165) is 55.1 Å². The summed E-state index contributed by atoms with van der Waals surface area (Å²) in [4.78, 5) is 38.6. The molecule has 8 nitrogen and oxygen atoms in total. The van der Waals surface area contributed by atoms with E-state index < -0.39 is 0 Å². The molecule has 1 fully saturated rings. The maximum absolute atomic E-state index is 13.3. The van der Waals surface area contributed by atoms with Crippen LogP contribution in [0.3, 0.4) is 0 Å². The van der Waals surface area contributed by atoms with Gasteiger partial charge in [0.05, 0.1) is 24.8 Å². The lowest BCUT2D eigenvalue weighted by atomic mass is 9.96. The smallest absolute Gasteiger partial charge is 0.309 e. The summed E-state index contributed by atoms with van der Waals surface area (Å²) in [7, 11) is 0. The fraction of sp³-hybridized carbons (Fsp3) is 0.538. The van der Waals surface area contributed by atoms with Gasteiger partial charge < -0.3 is 19.9 Å². The Bertz CT molecular complexity index is 1000. The van der Waals surface area contributed by atoms with Gasteiger partial charge in [-0.3, -0.25) is 9.59 Å². The average Bonchev–Trinajstić information content (AvgIpc) is 2.88. The largest absolute Gasteiger partial charge is 0.466 e. The highest BCUT2D eigenvalue weighted by atomic mass is 16.5. The van der Waals surface area contributed by atoms with Gasteiger partial charge in [0.25, 0.3) is 5.91 Å². The van der Waals surface area contributed by atoms with Gasteiger partial charge in [0.2, 0.25) is 0 Å². The fourth-order valence-corrected chi connectivity index (χ4v) is 4.64. The zero-order chi connectivity index (χ0) is 24.1. The molecule has 0 saturated carbocycles. The summed E-state index contributed by atoms with van der Waals surface area (Å²) in [6.45, 7) is 9.16. The first kappa shape index (κ1) is 24.0. The van der Waals surface area contributed by atoms with E-state index in [2.05, 4.69) is 34.0 Å². The van der Waals surface area contributed by atoms with Crippen molar-refractivity contribution >= 4 is 23.4 Å². The first-order chi connectivity index (χ1) is 16.5. The Morgan fingerprint density at radius 3 is 2.53 bits per heavy atom. The third kappa shape index (κ3) is 5.32. The molecule has 34 heavy (non-hydrogen) atoms. The molecule has 182 valence electrons. The highest BCUT2D eigenvalue weighted by molar-refractivity contribution is 5.94. The molecule has 1 N–H and O–H groups in total. The van der Waals surface area contributed by atoms with Crippen molar-refractivity contribution in [1.82, 2.24) is 14.9 Å². The van der Waals surface area contributed by atoms with Crippen LogP contribution in [0.4, 0.5) is 11.5 Å². The molecule has 2 aromatic rings. The fourth-order valence-electron chi connectivity index (χ4n) is 4.64. The maximum Gasteiger partial charge on any atom is 0.309 e. The molecule has 0 spiro atoms.